The lowest BCUT2D eigenvalue weighted by Crippen LogP contribution is -2.33. The van der Waals surface area contributed by atoms with Crippen molar-refractivity contribution in [3.05, 3.63) is 29.8 Å². The number of piperidine rings is 1. The molecule has 0 aliphatic carbocycles. The summed E-state index contributed by atoms with van der Waals surface area (Å²) in [5, 5.41) is 11.2. The molecule has 0 radical (unpaired) electrons. The second-order valence-electron chi connectivity index (χ2n) is 5.81. The molecule has 1 aromatic rings. The summed E-state index contributed by atoms with van der Waals surface area (Å²) in [7, 11) is 0. The molecule has 2 aliphatic rings. The van der Waals surface area contributed by atoms with E-state index in [1.54, 1.807) is 6.21 Å². The van der Waals surface area contributed by atoms with Gasteiger partial charge in [-0.15, -0.1) is 5.10 Å². The first-order valence-electron chi connectivity index (χ1n) is 8.28. The summed E-state index contributed by atoms with van der Waals surface area (Å²) >= 11 is 1.36. The Morgan fingerprint density at radius 3 is 2.96 bits per heavy atom. The molecule has 2 aliphatic heterocycles. The summed E-state index contributed by atoms with van der Waals surface area (Å²) in [5.74, 6) is 1.22. The highest BCUT2D eigenvalue weighted by molar-refractivity contribution is 8.15. The molecule has 0 atom stereocenters. The highest BCUT2D eigenvalue weighted by Crippen LogP contribution is 2.13. The number of carbonyl (C=O) groups is 1. The third-order valence-corrected chi connectivity index (χ3v) is 4.79. The summed E-state index contributed by atoms with van der Waals surface area (Å²) in [5.41, 5.74) is 0.921. The Morgan fingerprint density at radius 2 is 2.17 bits per heavy atom. The lowest BCUT2D eigenvalue weighted by atomic mass is 10.1. The van der Waals surface area contributed by atoms with Crippen LogP contribution in [0.25, 0.3) is 0 Å². The fraction of sp³-hybridized carbons (Fsp3) is 0.471. The first-order valence-corrected chi connectivity index (χ1v) is 9.27. The van der Waals surface area contributed by atoms with Gasteiger partial charge >= 0.3 is 0 Å². The van der Waals surface area contributed by atoms with Crippen LogP contribution in [0.2, 0.25) is 0 Å². The standard InChI is InChI=1S/C17H22N4O2S/c22-16-13-24-17(19-16)20-18-12-14-5-4-6-15(11-14)23-10-9-21-7-2-1-3-8-21/h4-6,11-12H,1-3,7-10,13H2,(H,19,20,22). The van der Waals surface area contributed by atoms with Crippen LogP contribution in [-0.2, 0) is 4.79 Å². The molecule has 2 heterocycles. The minimum absolute atomic E-state index is 0.0296. The van der Waals surface area contributed by atoms with Crippen molar-refractivity contribution in [2.45, 2.75) is 19.3 Å². The van der Waals surface area contributed by atoms with Gasteiger partial charge in [0.25, 0.3) is 0 Å². The number of likely N-dealkylation sites (tertiary alicyclic amines) is 1. The van der Waals surface area contributed by atoms with E-state index < -0.39 is 0 Å². The molecule has 24 heavy (non-hydrogen) atoms. The first-order chi connectivity index (χ1) is 11.8. The van der Waals surface area contributed by atoms with Crippen LogP contribution in [0, 0.1) is 0 Å². The number of thioether (sulfide) groups is 1. The van der Waals surface area contributed by atoms with Crippen LogP contribution in [0.5, 0.6) is 5.75 Å². The third-order valence-electron chi connectivity index (χ3n) is 3.92. The van der Waals surface area contributed by atoms with Crippen molar-refractivity contribution in [3.8, 4) is 5.75 Å². The van der Waals surface area contributed by atoms with E-state index in [9.17, 15) is 4.79 Å². The average Bonchev–Trinajstić information content (AvgIpc) is 3.02. The number of amides is 1. The number of hydrogen-bond donors (Lipinski definition) is 1. The second kappa shape index (κ2) is 8.84. The number of rotatable bonds is 6. The summed E-state index contributed by atoms with van der Waals surface area (Å²) in [6, 6.07) is 7.78. The molecule has 7 heteroatoms. The normalized spacial score (nSPS) is 20.7. The minimum Gasteiger partial charge on any atom is -0.492 e. The SMILES string of the molecule is O=C1CSC(=NN=Cc2cccc(OCCN3CCCCC3)c2)N1. The summed E-state index contributed by atoms with van der Waals surface area (Å²) in [4.78, 5) is 13.5. The average molecular weight is 346 g/mol. The van der Waals surface area contributed by atoms with Gasteiger partial charge in [-0.2, -0.15) is 5.10 Å². The fourth-order valence-electron chi connectivity index (χ4n) is 2.69. The van der Waals surface area contributed by atoms with Crippen LogP contribution >= 0.6 is 11.8 Å². The van der Waals surface area contributed by atoms with Gasteiger partial charge in [0.05, 0.1) is 12.0 Å². The lowest BCUT2D eigenvalue weighted by molar-refractivity contribution is -0.116. The number of hydrogen-bond acceptors (Lipinski definition) is 6. The minimum atomic E-state index is -0.0296. The molecule has 2 saturated heterocycles. The zero-order valence-electron chi connectivity index (χ0n) is 13.6. The molecule has 0 aromatic heterocycles. The Hall–Kier alpha value is -1.86. The number of amidine groups is 1. The van der Waals surface area contributed by atoms with Crippen molar-refractivity contribution in [1.82, 2.24) is 10.2 Å². The van der Waals surface area contributed by atoms with E-state index in [2.05, 4.69) is 20.4 Å². The number of nitrogens with zero attached hydrogens (tertiary/aromatic N) is 3. The maximum Gasteiger partial charge on any atom is 0.236 e. The van der Waals surface area contributed by atoms with E-state index in [4.69, 9.17) is 4.74 Å². The molecule has 0 saturated carbocycles. The molecule has 0 unspecified atom stereocenters. The van der Waals surface area contributed by atoms with Gasteiger partial charge in [-0.25, -0.2) is 0 Å². The van der Waals surface area contributed by atoms with Crippen molar-refractivity contribution in [2.24, 2.45) is 10.2 Å². The molecule has 1 aromatic carbocycles. The van der Waals surface area contributed by atoms with Gasteiger partial charge in [0.2, 0.25) is 5.91 Å². The van der Waals surface area contributed by atoms with Gasteiger partial charge in [-0.3, -0.25) is 9.69 Å². The van der Waals surface area contributed by atoms with E-state index >= 15 is 0 Å². The van der Waals surface area contributed by atoms with Gasteiger partial charge in [-0.1, -0.05) is 30.3 Å². The molecule has 0 spiro atoms. The number of ether oxygens (including phenoxy) is 1. The summed E-state index contributed by atoms with van der Waals surface area (Å²) < 4.78 is 5.84. The Labute approximate surface area is 146 Å². The van der Waals surface area contributed by atoms with Gasteiger partial charge in [-0.05, 0) is 43.6 Å². The van der Waals surface area contributed by atoms with E-state index in [0.717, 1.165) is 17.9 Å². The van der Waals surface area contributed by atoms with Gasteiger partial charge in [0.1, 0.15) is 12.4 Å². The number of carbonyl (C=O) groups excluding carboxylic acids is 1. The Morgan fingerprint density at radius 1 is 1.29 bits per heavy atom. The molecular formula is C17H22N4O2S. The molecule has 0 bridgehead atoms. The van der Waals surface area contributed by atoms with E-state index in [-0.39, 0.29) is 5.91 Å². The van der Waals surface area contributed by atoms with E-state index in [0.29, 0.717) is 17.5 Å². The van der Waals surface area contributed by atoms with Crippen LogP contribution in [0.1, 0.15) is 24.8 Å². The van der Waals surface area contributed by atoms with Crippen molar-refractivity contribution in [2.75, 3.05) is 32.0 Å². The van der Waals surface area contributed by atoms with Crippen molar-refractivity contribution in [1.29, 1.82) is 0 Å². The molecule has 3 rings (SSSR count). The monoisotopic (exact) mass is 346 g/mol. The zero-order valence-corrected chi connectivity index (χ0v) is 14.4. The first kappa shape index (κ1) is 17.0. The number of nitrogens with one attached hydrogen (secondary N) is 1. The van der Waals surface area contributed by atoms with Crippen LogP contribution in [-0.4, -0.2) is 54.2 Å². The molecule has 1 N–H and O–H groups in total. The van der Waals surface area contributed by atoms with Crippen molar-refractivity contribution < 1.29 is 9.53 Å². The van der Waals surface area contributed by atoms with Crippen LogP contribution < -0.4 is 10.1 Å². The molecule has 128 valence electrons. The van der Waals surface area contributed by atoms with Crippen molar-refractivity contribution in [3.63, 3.8) is 0 Å². The van der Waals surface area contributed by atoms with Gasteiger partial charge in [0.15, 0.2) is 5.17 Å². The highest BCUT2D eigenvalue weighted by atomic mass is 32.2. The summed E-state index contributed by atoms with van der Waals surface area (Å²) in [6.07, 6.45) is 5.61. The smallest absolute Gasteiger partial charge is 0.236 e. The largest absolute Gasteiger partial charge is 0.492 e. The fourth-order valence-corrected chi connectivity index (χ4v) is 3.32. The van der Waals surface area contributed by atoms with Crippen LogP contribution in [0.4, 0.5) is 0 Å². The molecule has 1 amide bonds. The Kier molecular flexibility index (Phi) is 6.26. The molecule has 6 nitrogen and oxygen atoms in total. The molecule has 2 fully saturated rings. The Bertz CT molecular complexity index is 627. The highest BCUT2D eigenvalue weighted by Gasteiger charge is 2.15. The van der Waals surface area contributed by atoms with E-state index in [1.165, 1.54) is 44.1 Å². The van der Waals surface area contributed by atoms with E-state index in [1.807, 2.05) is 24.3 Å². The maximum absolute atomic E-state index is 11.1. The lowest BCUT2D eigenvalue weighted by Gasteiger charge is -2.26. The number of benzene rings is 1. The van der Waals surface area contributed by atoms with Crippen LogP contribution in [0.3, 0.4) is 0 Å². The van der Waals surface area contributed by atoms with Gasteiger partial charge in [0, 0.05) is 6.54 Å². The predicted octanol–water partition coefficient (Wildman–Crippen LogP) is 2.10. The predicted molar refractivity (Wildman–Crippen MR) is 97.9 cm³/mol. The van der Waals surface area contributed by atoms with Crippen molar-refractivity contribution >= 4 is 29.1 Å². The third kappa shape index (κ3) is 5.35. The summed E-state index contributed by atoms with van der Waals surface area (Å²) in [6.45, 7) is 4.05. The van der Waals surface area contributed by atoms with Gasteiger partial charge < -0.3 is 10.1 Å². The maximum atomic E-state index is 11.1. The molecular weight excluding hydrogens is 324 g/mol. The van der Waals surface area contributed by atoms with Crippen LogP contribution in [0.15, 0.2) is 34.5 Å². The quantitative estimate of drug-likeness (QED) is 0.633. The topological polar surface area (TPSA) is 66.3 Å². The zero-order chi connectivity index (χ0) is 16.6. The Balaban J connectivity index is 1.47. The second-order valence-corrected chi connectivity index (χ2v) is 6.77.